The van der Waals surface area contributed by atoms with Gasteiger partial charge < -0.3 is 15.4 Å². The van der Waals surface area contributed by atoms with Crippen molar-refractivity contribution in [2.75, 3.05) is 26.2 Å². The molecule has 0 saturated carbocycles. The van der Waals surface area contributed by atoms with Gasteiger partial charge in [-0.15, -0.1) is 0 Å². The van der Waals surface area contributed by atoms with E-state index in [0.717, 1.165) is 12.3 Å². The van der Waals surface area contributed by atoms with Crippen LogP contribution in [0, 0.1) is 0 Å². The highest BCUT2D eigenvalue weighted by Gasteiger charge is 2.15. The molecule has 2 N–H and O–H groups in total. The van der Waals surface area contributed by atoms with E-state index < -0.39 is 0 Å². The van der Waals surface area contributed by atoms with Gasteiger partial charge in [0.15, 0.2) is 0 Å². The van der Waals surface area contributed by atoms with Crippen LogP contribution >= 0.6 is 0 Å². The van der Waals surface area contributed by atoms with Crippen LogP contribution in [0.15, 0.2) is 24.3 Å². The Bertz CT molecular complexity index is 331. The van der Waals surface area contributed by atoms with E-state index in [1.807, 2.05) is 19.1 Å². The number of ether oxygens (including phenoxy) is 1. The molecule has 1 unspecified atom stereocenters. The van der Waals surface area contributed by atoms with Crippen molar-refractivity contribution in [1.29, 1.82) is 0 Å². The monoisotopic (exact) mass is 234 g/mol. The predicted octanol–water partition coefficient (Wildman–Crippen LogP) is 2.18. The molecule has 0 bridgehead atoms. The van der Waals surface area contributed by atoms with Gasteiger partial charge in [0.1, 0.15) is 5.75 Å². The van der Waals surface area contributed by atoms with Crippen LogP contribution in [0.25, 0.3) is 0 Å². The maximum absolute atomic E-state index is 6.22. The fourth-order valence-electron chi connectivity index (χ4n) is 2.33. The zero-order valence-corrected chi connectivity index (χ0v) is 10.6. The van der Waals surface area contributed by atoms with E-state index in [-0.39, 0.29) is 6.04 Å². The van der Waals surface area contributed by atoms with E-state index in [4.69, 9.17) is 10.5 Å². The summed E-state index contributed by atoms with van der Waals surface area (Å²) in [6.45, 7) is 6.07. The Kier molecular flexibility index (Phi) is 4.40. The molecule has 3 heteroatoms. The van der Waals surface area contributed by atoms with Gasteiger partial charge in [-0.1, -0.05) is 12.1 Å². The molecule has 1 fully saturated rings. The Labute approximate surface area is 104 Å². The highest BCUT2D eigenvalue weighted by molar-refractivity contribution is 5.29. The third-order valence-corrected chi connectivity index (χ3v) is 3.27. The van der Waals surface area contributed by atoms with Gasteiger partial charge >= 0.3 is 0 Å². The van der Waals surface area contributed by atoms with Crippen molar-refractivity contribution in [1.82, 2.24) is 4.90 Å². The average molecular weight is 234 g/mol. The summed E-state index contributed by atoms with van der Waals surface area (Å²) in [4.78, 5) is 2.45. The lowest BCUT2D eigenvalue weighted by molar-refractivity contribution is 0.315. The number of rotatable bonds is 5. The molecule has 1 heterocycles. The van der Waals surface area contributed by atoms with Gasteiger partial charge in [0.05, 0.1) is 6.61 Å². The van der Waals surface area contributed by atoms with Crippen LogP contribution in [0.5, 0.6) is 5.75 Å². The van der Waals surface area contributed by atoms with Crippen molar-refractivity contribution in [2.24, 2.45) is 5.73 Å². The van der Waals surface area contributed by atoms with E-state index in [0.29, 0.717) is 6.61 Å². The minimum absolute atomic E-state index is 0.115. The fourth-order valence-corrected chi connectivity index (χ4v) is 2.33. The first-order valence-corrected chi connectivity index (χ1v) is 6.50. The van der Waals surface area contributed by atoms with E-state index >= 15 is 0 Å². The van der Waals surface area contributed by atoms with Crippen LogP contribution in [-0.4, -0.2) is 31.1 Å². The second-order valence-corrected chi connectivity index (χ2v) is 4.62. The summed E-state index contributed by atoms with van der Waals surface area (Å²) >= 11 is 0. The molecule has 2 rings (SSSR count). The smallest absolute Gasteiger partial charge is 0.119 e. The van der Waals surface area contributed by atoms with Gasteiger partial charge in [0.2, 0.25) is 0 Å². The zero-order valence-electron chi connectivity index (χ0n) is 10.6. The molecule has 1 saturated heterocycles. The standard InChI is InChI=1S/C14H22N2O/c1-2-17-13-7-5-12(6-8-13)14(15)11-16-9-3-4-10-16/h5-8,14H,2-4,9-11,15H2,1H3. The van der Waals surface area contributed by atoms with Crippen LogP contribution in [0.4, 0.5) is 0 Å². The summed E-state index contributed by atoms with van der Waals surface area (Å²) in [6, 6.07) is 8.27. The number of nitrogens with zero attached hydrogens (tertiary/aromatic N) is 1. The molecule has 0 aromatic heterocycles. The van der Waals surface area contributed by atoms with Crippen LogP contribution in [0.1, 0.15) is 31.4 Å². The lowest BCUT2D eigenvalue weighted by atomic mass is 10.1. The highest BCUT2D eigenvalue weighted by Crippen LogP contribution is 2.18. The molecule has 1 atom stereocenters. The van der Waals surface area contributed by atoms with E-state index in [9.17, 15) is 0 Å². The first kappa shape index (κ1) is 12.4. The van der Waals surface area contributed by atoms with E-state index in [1.165, 1.54) is 31.5 Å². The highest BCUT2D eigenvalue weighted by atomic mass is 16.5. The molecule has 0 radical (unpaired) electrons. The fraction of sp³-hybridized carbons (Fsp3) is 0.571. The maximum Gasteiger partial charge on any atom is 0.119 e. The topological polar surface area (TPSA) is 38.5 Å². The Morgan fingerprint density at radius 1 is 1.24 bits per heavy atom. The Morgan fingerprint density at radius 3 is 2.47 bits per heavy atom. The van der Waals surface area contributed by atoms with Gasteiger partial charge in [-0.05, 0) is 50.6 Å². The van der Waals surface area contributed by atoms with E-state index in [2.05, 4.69) is 17.0 Å². The number of hydrogen-bond acceptors (Lipinski definition) is 3. The Balaban J connectivity index is 1.91. The molecular weight excluding hydrogens is 212 g/mol. The number of nitrogens with two attached hydrogens (primary N) is 1. The van der Waals surface area contributed by atoms with Crippen molar-refractivity contribution in [3.63, 3.8) is 0 Å². The molecule has 0 spiro atoms. The van der Waals surface area contributed by atoms with Crippen molar-refractivity contribution < 1.29 is 4.74 Å². The summed E-state index contributed by atoms with van der Waals surface area (Å²) in [5.41, 5.74) is 7.41. The van der Waals surface area contributed by atoms with Gasteiger partial charge in [0, 0.05) is 12.6 Å². The largest absolute Gasteiger partial charge is 0.494 e. The van der Waals surface area contributed by atoms with Crippen LogP contribution in [0.2, 0.25) is 0 Å². The molecule has 1 aliphatic rings. The molecule has 94 valence electrons. The molecule has 1 aromatic rings. The minimum atomic E-state index is 0.115. The molecule has 1 aliphatic heterocycles. The average Bonchev–Trinajstić information content (AvgIpc) is 2.83. The summed E-state index contributed by atoms with van der Waals surface area (Å²) < 4.78 is 5.42. The third-order valence-electron chi connectivity index (χ3n) is 3.27. The zero-order chi connectivity index (χ0) is 12.1. The quantitative estimate of drug-likeness (QED) is 0.848. The first-order valence-electron chi connectivity index (χ1n) is 6.50. The van der Waals surface area contributed by atoms with Crippen LogP contribution < -0.4 is 10.5 Å². The molecule has 1 aromatic carbocycles. The third kappa shape index (κ3) is 3.45. The van der Waals surface area contributed by atoms with E-state index in [1.54, 1.807) is 0 Å². The lowest BCUT2D eigenvalue weighted by Gasteiger charge is -2.20. The summed E-state index contributed by atoms with van der Waals surface area (Å²) in [6.07, 6.45) is 2.63. The van der Waals surface area contributed by atoms with Crippen LogP contribution in [0.3, 0.4) is 0 Å². The number of likely N-dealkylation sites (tertiary alicyclic amines) is 1. The SMILES string of the molecule is CCOc1ccc(C(N)CN2CCCC2)cc1. The second kappa shape index (κ2) is 6.03. The molecular formula is C14H22N2O. The second-order valence-electron chi connectivity index (χ2n) is 4.62. The van der Waals surface area contributed by atoms with Crippen molar-refractivity contribution in [3.05, 3.63) is 29.8 Å². The molecule has 0 aliphatic carbocycles. The molecule has 3 nitrogen and oxygen atoms in total. The van der Waals surface area contributed by atoms with Gasteiger partial charge in [0.25, 0.3) is 0 Å². The van der Waals surface area contributed by atoms with Crippen molar-refractivity contribution in [3.8, 4) is 5.75 Å². The minimum Gasteiger partial charge on any atom is -0.494 e. The first-order chi connectivity index (χ1) is 8.29. The lowest BCUT2D eigenvalue weighted by Crippen LogP contribution is -2.29. The summed E-state index contributed by atoms with van der Waals surface area (Å²) in [7, 11) is 0. The summed E-state index contributed by atoms with van der Waals surface area (Å²) in [5.74, 6) is 0.921. The van der Waals surface area contributed by atoms with Crippen molar-refractivity contribution in [2.45, 2.75) is 25.8 Å². The predicted molar refractivity (Wildman–Crippen MR) is 70.2 cm³/mol. The normalized spacial score (nSPS) is 18.2. The van der Waals surface area contributed by atoms with Crippen LogP contribution in [-0.2, 0) is 0 Å². The number of benzene rings is 1. The van der Waals surface area contributed by atoms with Gasteiger partial charge in [-0.3, -0.25) is 0 Å². The van der Waals surface area contributed by atoms with Crippen molar-refractivity contribution >= 4 is 0 Å². The van der Waals surface area contributed by atoms with Gasteiger partial charge in [-0.2, -0.15) is 0 Å². The maximum atomic E-state index is 6.22. The van der Waals surface area contributed by atoms with Gasteiger partial charge in [-0.25, -0.2) is 0 Å². The number of hydrogen-bond donors (Lipinski definition) is 1. The Hall–Kier alpha value is -1.06. The Morgan fingerprint density at radius 2 is 1.88 bits per heavy atom. The summed E-state index contributed by atoms with van der Waals surface area (Å²) in [5, 5.41) is 0. The molecule has 17 heavy (non-hydrogen) atoms. The molecule has 0 amide bonds.